The molecule has 0 bridgehead atoms. The van der Waals surface area contributed by atoms with Crippen molar-refractivity contribution in [1.82, 2.24) is 0 Å². The maximum Gasteiger partial charge on any atom is 0.104 e. The molecule has 1 heterocycles. The first-order valence-electron chi connectivity index (χ1n) is 9.92. The van der Waals surface area contributed by atoms with Crippen LogP contribution in [-0.2, 0) is 9.47 Å². The van der Waals surface area contributed by atoms with E-state index < -0.39 is 0 Å². The Morgan fingerprint density at radius 3 is 2.09 bits per heavy atom. The maximum absolute atomic E-state index is 5.54. The van der Waals surface area contributed by atoms with Crippen LogP contribution in [0.25, 0.3) is 0 Å². The van der Waals surface area contributed by atoms with Gasteiger partial charge in [0.1, 0.15) is 6.10 Å². The second-order valence-corrected chi connectivity index (χ2v) is 6.61. The molecule has 0 aromatic carbocycles. The van der Waals surface area contributed by atoms with Gasteiger partial charge in [0, 0.05) is 6.61 Å². The molecule has 1 atom stereocenters. The minimum atomic E-state index is 0.416. The fourth-order valence-corrected chi connectivity index (χ4v) is 2.57. The van der Waals surface area contributed by atoms with Crippen LogP contribution < -0.4 is 0 Å². The maximum atomic E-state index is 5.54. The Labute approximate surface area is 144 Å². The molecule has 2 heteroatoms. The molecule has 23 heavy (non-hydrogen) atoms. The smallest absolute Gasteiger partial charge is 0.104 e. The number of unbranched alkanes of at least 4 members (excludes halogenated alkanes) is 9. The van der Waals surface area contributed by atoms with E-state index in [-0.39, 0.29) is 0 Å². The molecule has 1 aliphatic rings. The third kappa shape index (κ3) is 16.1. The van der Waals surface area contributed by atoms with Crippen LogP contribution in [0.3, 0.4) is 0 Å². The van der Waals surface area contributed by atoms with Crippen molar-refractivity contribution in [3.05, 3.63) is 24.3 Å². The van der Waals surface area contributed by atoms with Crippen LogP contribution in [0.2, 0.25) is 0 Å². The van der Waals surface area contributed by atoms with Crippen LogP contribution in [0.15, 0.2) is 24.3 Å². The largest absolute Gasteiger partial charge is 0.379 e. The molecule has 0 spiro atoms. The average molecular weight is 323 g/mol. The van der Waals surface area contributed by atoms with Crippen LogP contribution in [0.4, 0.5) is 0 Å². The summed E-state index contributed by atoms with van der Waals surface area (Å²) in [6, 6.07) is 0. The molecule has 0 N–H and O–H groups in total. The number of ether oxygens (including phenoxy) is 2. The zero-order valence-electron chi connectivity index (χ0n) is 15.3. The number of allylic oxidation sites excluding steroid dienone is 4. The van der Waals surface area contributed by atoms with Crippen LogP contribution in [0, 0.1) is 0 Å². The molecular formula is C21H38O2. The van der Waals surface area contributed by atoms with Crippen molar-refractivity contribution < 1.29 is 9.47 Å². The van der Waals surface area contributed by atoms with E-state index in [1.807, 2.05) is 0 Å². The second kappa shape index (κ2) is 16.3. The molecule has 2 nitrogen and oxygen atoms in total. The van der Waals surface area contributed by atoms with Gasteiger partial charge in [-0.2, -0.15) is 0 Å². The van der Waals surface area contributed by atoms with E-state index in [1.54, 1.807) is 0 Å². The van der Waals surface area contributed by atoms with E-state index in [2.05, 4.69) is 31.2 Å². The zero-order valence-corrected chi connectivity index (χ0v) is 15.3. The molecule has 134 valence electrons. The van der Waals surface area contributed by atoms with Gasteiger partial charge >= 0.3 is 0 Å². The van der Waals surface area contributed by atoms with Gasteiger partial charge in [0.25, 0.3) is 0 Å². The Kier molecular flexibility index (Phi) is 14.5. The van der Waals surface area contributed by atoms with Crippen molar-refractivity contribution >= 4 is 0 Å². The summed E-state index contributed by atoms with van der Waals surface area (Å²) in [6.07, 6.45) is 25.3. The van der Waals surface area contributed by atoms with E-state index in [0.29, 0.717) is 6.10 Å². The number of rotatable bonds is 17. The van der Waals surface area contributed by atoms with Crippen molar-refractivity contribution in [2.24, 2.45) is 0 Å². The molecule has 1 aliphatic heterocycles. The Morgan fingerprint density at radius 2 is 1.43 bits per heavy atom. The number of hydrogen-bond donors (Lipinski definition) is 0. The normalized spacial score (nSPS) is 17.5. The van der Waals surface area contributed by atoms with Crippen molar-refractivity contribution in [3.8, 4) is 0 Å². The van der Waals surface area contributed by atoms with Crippen LogP contribution in [0.1, 0.15) is 84.0 Å². The van der Waals surface area contributed by atoms with Gasteiger partial charge in [-0.25, -0.2) is 0 Å². The molecule has 0 amide bonds. The van der Waals surface area contributed by atoms with E-state index >= 15 is 0 Å². The minimum Gasteiger partial charge on any atom is -0.379 e. The highest BCUT2D eigenvalue weighted by atomic mass is 16.6. The summed E-state index contributed by atoms with van der Waals surface area (Å²) >= 11 is 0. The topological polar surface area (TPSA) is 21.8 Å². The Balaban J connectivity index is 1.69. The first kappa shape index (κ1) is 20.4. The van der Waals surface area contributed by atoms with E-state index in [4.69, 9.17) is 9.47 Å². The van der Waals surface area contributed by atoms with Gasteiger partial charge in [0.15, 0.2) is 0 Å². The Morgan fingerprint density at radius 1 is 0.826 bits per heavy atom. The minimum absolute atomic E-state index is 0.416. The third-order valence-electron chi connectivity index (χ3n) is 4.20. The molecule has 1 saturated heterocycles. The van der Waals surface area contributed by atoms with Gasteiger partial charge in [-0.15, -0.1) is 0 Å². The molecule has 0 saturated carbocycles. The predicted molar refractivity (Wildman–Crippen MR) is 99.9 cm³/mol. The first-order chi connectivity index (χ1) is 11.4. The first-order valence-corrected chi connectivity index (χ1v) is 9.92. The van der Waals surface area contributed by atoms with E-state index in [0.717, 1.165) is 26.2 Å². The molecular weight excluding hydrogens is 284 g/mol. The lowest BCUT2D eigenvalue weighted by atomic mass is 10.1. The Hall–Kier alpha value is -0.600. The molecule has 0 radical (unpaired) electrons. The monoisotopic (exact) mass is 322 g/mol. The summed E-state index contributed by atoms with van der Waals surface area (Å²) in [7, 11) is 0. The SMILES string of the molecule is CCCCCC=CCC=CCCCCCCCCOC[C@H]1CO1. The lowest BCUT2D eigenvalue weighted by Crippen LogP contribution is -2.02. The van der Waals surface area contributed by atoms with Crippen molar-refractivity contribution in [3.63, 3.8) is 0 Å². The highest BCUT2D eigenvalue weighted by molar-refractivity contribution is 4.92. The van der Waals surface area contributed by atoms with Gasteiger partial charge < -0.3 is 9.47 Å². The van der Waals surface area contributed by atoms with Gasteiger partial charge in [-0.1, -0.05) is 69.8 Å². The van der Waals surface area contributed by atoms with Gasteiger partial charge in [-0.3, -0.25) is 0 Å². The highest BCUT2D eigenvalue weighted by Gasteiger charge is 2.21. The quantitative estimate of drug-likeness (QED) is 0.180. The van der Waals surface area contributed by atoms with E-state index in [9.17, 15) is 0 Å². The summed E-state index contributed by atoms with van der Waals surface area (Å²) < 4.78 is 10.6. The van der Waals surface area contributed by atoms with Crippen molar-refractivity contribution in [1.29, 1.82) is 0 Å². The summed E-state index contributed by atoms with van der Waals surface area (Å²) in [4.78, 5) is 0. The number of epoxide rings is 1. The molecule has 0 aromatic heterocycles. The molecule has 0 aliphatic carbocycles. The molecule has 0 aromatic rings. The van der Waals surface area contributed by atoms with Crippen LogP contribution >= 0.6 is 0 Å². The third-order valence-corrected chi connectivity index (χ3v) is 4.20. The highest BCUT2D eigenvalue weighted by Crippen LogP contribution is 2.10. The molecule has 0 unspecified atom stereocenters. The molecule has 1 fully saturated rings. The summed E-state index contributed by atoms with van der Waals surface area (Å²) in [5.74, 6) is 0. The van der Waals surface area contributed by atoms with Gasteiger partial charge in [0.05, 0.1) is 13.2 Å². The second-order valence-electron chi connectivity index (χ2n) is 6.61. The van der Waals surface area contributed by atoms with Gasteiger partial charge in [-0.05, 0) is 38.5 Å². The van der Waals surface area contributed by atoms with Gasteiger partial charge in [0.2, 0.25) is 0 Å². The predicted octanol–water partition coefficient (Wildman–Crippen LogP) is 6.22. The van der Waals surface area contributed by atoms with Crippen LogP contribution in [0.5, 0.6) is 0 Å². The zero-order chi connectivity index (χ0) is 16.4. The van der Waals surface area contributed by atoms with E-state index in [1.165, 1.54) is 70.6 Å². The lowest BCUT2D eigenvalue weighted by Gasteiger charge is -2.02. The van der Waals surface area contributed by atoms with Crippen molar-refractivity contribution in [2.75, 3.05) is 19.8 Å². The fraction of sp³-hybridized carbons (Fsp3) is 0.810. The fourth-order valence-electron chi connectivity index (χ4n) is 2.57. The standard InChI is InChI=1S/C21H38O2/c1-2-3-4-5-6-7-8-9-10-11-12-13-14-15-16-17-18-22-19-21-20-23-21/h6-7,9-10,21H,2-5,8,11-20H2,1H3/t21-/m0/s1. The lowest BCUT2D eigenvalue weighted by molar-refractivity contribution is 0.113. The van der Waals surface area contributed by atoms with Crippen LogP contribution in [-0.4, -0.2) is 25.9 Å². The number of hydrogen-bond acceptors (Lipinski definition) is 2. The Bertz CT molecular complexity index is 292. The molecule has 1 rings (SSSR count). The average Bonchev–Trinajstić information content (AvgIpc) is 3.38. The summed E-state index contributed by atoms with van der Waals surface area (Å²) in [6.45, 7) is 4.88. The summed E-state index contributed by atoms with van der Waals surface area (Å²) in [5, 5.41) is 0. The van der Waals surface area contributed by atoms with Crippen molar-refractivity contribution in [2.45, 2.75) is 90.1 Å². The summed E-state index contributed by atoms with van der Waals surface area (Å²) in [5.41, 5.74) is 0.